The number of nitrogens with zero attached hydrogens (tertiary/aromatic N) is 4. The van der Waals surface area contributed by atoms with E-state index in [0.29, 0.717) is 47.7 Å². The van der Waals surface area contributed by atoms with Crippen molar-refractivity contribution in [2.45, 2.75) is 64.1 Å². The Morgan fingerprint density at radius 1 is 1.16 bits per heavy atom. The minimum Gasteiger partial charge on any atom is -0.508 e. The maximum atomic E-state index is 10.2. The molecule has 1 aromatic carbocycles. The van der Waals surface area contributed by atoms with Gasteiger partial charge in [0.1, 0.15) is 11.5 Å². The minimum absolute atomic E-state index is 0.178. The van der Waals surface area contributed by atoms with Gasteiger partial charge in [-0.15, -0.1) is 0 Å². The summed E-state index contributed by atoms with van der Waals surface area (Å²) in [6.07, 6.45) is 7.76. The Bertz CT molecular complexity index is 1070. The van der Waals surface area contributed by atoms with Crippen LogP contribution in [0.4, 0.5) is 11.8 Å². The molecular weight excluding hydrogens is 408 g/mol. The molecule has 172 valence electrons. The van der Waals surface area contributed by atoms with Crippen molar-refractivity contribution in [2.24, 2.45) is 0 Å². The van der Waals surface area contributed by atoms with Gasteiger partial charge in [0.2, 0.25) is 5.95 Å². The highest BCUT2D eigenvalue weighted by molar-refractivity contribution is 5.84. The van der Waals surface area contributed by atoms with Crippen LogP contribution in [0, 0.1) is 0 Å². The molecule has 4 N–H and O–H groups in total. The summed E-state index contributed by atoms with van der Waals surface area (Å²) in [6.45, 7) is 4.12. The lowest BCUT2D eigenvalue weighted by atomic mass is 9.95. The lowest BCUT2D eigenvalue weighted by Gasteiger charge is -2.23. The Morgan fingerprint density at radius 3 is 2.66 bits per heavy atom. The molecule has 0 spiro atoms. The van der Waals surface area contributed by atoms with Gasteiger partial charge in [0.15, 0.2) is 17.0 Å². The molecule has 4 rings (SSSR count). The summed E-state index contributed by atoms with van der Waals surface area (Å²) in [5, 5.41) is 26.8. The van der Waals surface area contributed by atoms with Crippen molar-refractivity contribution in [3.05, 3.63) is 30.1 Å². The highest BCUT2D eigenvalue weighted by Crippen LogP contribution is 2.32. The molecule has 3 aromatic rings. The number of aromatic hydroxyl groups is 1. The number of aromatic nitrogens is 4. The number of fused-ring (bicyclic) bond motifs is 1. The summed E-state index contributed by atoms with van der Waals surface area (Å²) in [6, 6.07) is 5.49. The molecule has 2 aromatic heterocycles. The van der Waals surface area contributed by atoms with E-state index in [1.807, 2.05) is 6.33 Å². The number of phenolic OH excluding ortho intramolecular Hbond substituents is 1. The van der Waals surface area contributed by atoms with Crippen LogP contribution in [0.25, 0.3) is 11.2 Å². The summed E-state index contributed by atoms with van der Waals surface area (Å²) in [5.74, 6) is 1.85. The summed E-state index contributed by atoms with van der Waals surface area (Å²) in [4.78, 5) is 14.0. The smallest absolute Gasteiger partial charge is 0.226 e. The third-order valence-corrected chi connectivity index (χ3v) is 5.80. The monoisotopic (exact) mass is 440 g/mol. The minimum atomic E-state index is -0.901. The molecule has 0 amide bonds. The van der Waals surface area contributed by atoms with Gasteiger partial charge in [-0.3, -0.25) is 0 Å². The number of rotatable bonds is 8. The van der Waals surface area contributed by atoms with Crippen LogP contribution in [0.5, 0.6) is 11.5 Å². The van der Waals surface area contributed by atoms with Crippen LogP contribution in [0.15, 0.2) is 24.5 Å². The third-order valence-electron chi connectivity index (χ3n) is 5.80. The van der Waals surface area contributed by atoms with Crippen molar-refractivity contribution < 1.29 is 14.9 Å². The van der Waals surface area contributed by atoms with Crippen molar-refractivity contribution in [1.82, 2.24) is 19.5 Å². The number of aliphatic hydroxyl groups is 1. The standard InChI is InChI=1S/C23H32N6O3/c1-23(2,31)13-25-22-27-20(24-12-15-11-17(32-3)9-10-18(15)30)19-21(28-22)29(14-26-19)16-7-5-4-6-8-16/h9-11,14,16,30-31H,4-8,12-13H2,1-3H3,(H2,24,25,27,28). The Hall–Kier alpha value is -3.07. The number of phenols is 1. The van der Waals surface area contributed by atoms with Crippen molar-refractivity contribution in [3.63, 3.8) is 0 Å². The third kappa shape index (κ3) is 5.04. The van der Waals surface area contributed by atoms with Gasteiger partial charge in [-0.05, 0) is 44.9 Å². The predicted octanol–water partition coefficient (Wildman–Crippen LogP) is 3.84. The van der Waals surface area contributed by atoms with E-state index in [1.54, 1.807) is 39.2 Å². The molecule has 1 aliphatic carbocycles. The predicted molar refractivity (Wildman–Crippen MR) is 124 cm³/mol. The molecule has 0 unspecified atom stereocenters. The molecule has 1 saturated carbocycles. The quantitative estimate of drug-likeness (QED) is 0.417. The zero-order chi connectivity index (χ0) is 22.7. The van der Waals surface area contributed by atoms with Crippen LogP contribution in [0.2, 0.25) is 0 Å². The zero-order valence-electron chi connectivity index (χ0n) is 18.9. The molecule has 0 aliphatic heterocycles. The number of hydrogen-bond acceptors (Lipinski definition) is 8. The lowest BCUT2D eigenvalue weighted by molar-refractivity contribution is 0.0943. The second kappa shape index (κ2) is 9.20. The normalized spacial score (nSPS) is 15.1. The number of nitrogens with one attached hydrogen (secondary N) is 2. The van der Waals surface area contributed by atoms with E-state index in [2.05, 4.69) is 25.2 Å². The van der Waals surface area contributed by atoms with Crippen molar-refractivity contribution in [1.29, 1.82) is 0 Å². The zero-order valence-corrected chi connectivity index (χ0v) is 18.9. The number of benzene rings is 1. The van der Waals surface area contributed by atoms with E-state index in [4.69, 9.17) is 9.72 Å². The van der Waals surface area contributed by atoms with Crippen LogP contribution in [0.3, 0.4) is 0 Å². The SMILES string of the molecule is COc1ccc(O)c(CNc2nc(NCC(C)(C)O)nc3c2ncn3C2CCCCC2)c1. The first-order chi connectivity index (χ1) is 15.3. The Kier molecular flexibility index (Phi) is 6.36. The second-order valence-electron chi connectivity index (χ2n) is 9.03. The molecule has 0 bridgehead atoms. The van der Waals surface area contributed by atoms with Gasteiger partial charge in [-0.2, -0.15) is 9.97 Å². The fraction of sp³-hybridized carbons (Fsp3) is 0.522. The van der Waals surface area contributed by atoms with Crippen LogP contribution in [0.1, 0.15) is 57.6 Å². The topological polar surface area (TPSA) is 117 Å². The number of hydrogen-bond donors (Lipinski definition) is 4. The van der Waals surface area contributed by atoms with Gasteiger partial charge in [0, 0.05) is 24.7 Å². The van der Waals surface area contributed by atoms with Gasteiger partial charge in [0.05, 0.1) is 19.0 Å². The highest BCUT2D eigenvalue weighted by Gasteiger charge is 2.22. The molecule has 9 heteroatoms. The first-order valence-corrected chi connectivity index (χ1v) is 11.1. The van der Waals surface area contributed by atoms with Crippen molar-refractivity contribution in [2.75, 3.05) is 24.3 Å². The average molecular weight is 441 g/mol. The van der Waals surface area contributed by atoms with Crippen LogP contribution < -0.4 is 15.4 Å². The van der Waals surface area contributed by atoms with Gasteiger partial charge in [0.25, 0.3) is 0 Å². The first kappa shape index (κ1) is 22.1. The van der Waals surface area contributed by atoms with Crippen molar-refractivity contribution >= 4 is 22.9 Å². The Labute approximate surface area is 187 Å². The molecule has 9 nitrogen and oxygen atoms in total. The van der Waals surface area contributed by atoms with E-state index in [0.717, 1.165) is 18.5 Å². The van der Waals surface area contributed by atoms with Crippen molar-refractivity contribution in [3.8, 4) is 11.5 Å². The lowest BCUT2D eigenvalue weighted by Crippen LogP contribution is -2.30. The number of methoxy groups -OCH3 is 1. The molecular formula is C23H32N6O3. The van der Waals surface area contributed by atoms with Gasteiger partial charge in [-0.1, -0.05) is 19.3 Å². The molecule has 32 heavy (non-hydrogen) atoms. The van der Waals surface area contributed by atoms with Gasteiger partial charge < -0.3 is 30.2 Å². The largest absolute Gasteiger partial charge is 0.508 e. The van der Waals surface area contributed by atoms with E-state index in [9.17, 15) is 10.2 Å². The fourth-order valence-electron chi connectivity index (χ4n) is 4.05. The summed E-state index contributed by atoms with van der Waals surface area (Å²) < 4.78 is 7.42. The van der Waals surface area contributed by atoms with E-state index >= 15 is 0 Å². The molecule has 0 saturated heterocycles. The number of ether oxygens (including phenoxy) is 1. The summed E-state index contributed by atoms with van der Waals surface area (Å²) >= 11 is 0. The van der Waals surface area contributed by atoms with Crippen LogP contribution in [-0.2, 0) is 6.54 Å². The molecule has 0 atom stereocenters. The maximum absolute atomic E-state index is 10.2. The molecule has 1 fully saturated rings. The number of anilines is 2. The average Bonchev–Trinajstić information content (AvgIpc) is 3.21. The Balaban J connectivity index is 1.67. The first-order valence-electron chi connectivity index (χ1n) is 11.1. The highest BCUT2D eigenvalue weighted by atomic mass is 16.5. The van der Waals surface area contributed by atoms with Crippen LogP contribution >= 0.6 is 0 Å². The molecule has 1 aliphatic rings. The Morgan fingerprint density at radius 2 is 1.94 bits per heavy atom. The maximum Gasteiger partial charge on any atom is 0.226 e. The summed E-state index contributed by atoms with van der Waals surface area (Å²) in [5.41, 5.74) is 1.24. The number of imidazole rings is 1. The van der Waals surface area contributed by atoms with Crippen LogP contribution in [-0.4, -0.2) is 49.0 Å². The summed E-state index contributed by atoms with van der Waals surface area (Å²) in [7, 11) is 1.59. The van der Waals surface area contributed by atoms with Gasteiger partial charge in [-0.25, -0.2) is 4.98 Å². The van der Waals surface area contributed by atoms with E-state index < -0.39 is 5.60 Å². The van der Waals surface area contributed by atoms with Gasteiger partial charge >= 0.3 is 0 Å². The molecule has 0 radical (unpaired) electrons. The van der Waals surface area contributed by atoms with E-state index in [1.165, 1.54) is 19.3 Å². The second-order valence-corrected chi connectivity index (χ2v) is 9.03. The molecule has 2 heterocycles. The van der Waals surface area contributed by atoms with E-state index in [-0.39, 0.29) is 5.75 Å². The fourth-order valence-corrected chi connectivity index (χ4v) is 4.05.